The summed E-state index contributed by atoms with van der Waals surface area (Å²) < 4.78 is 1.03. The Kier molecular flexibility index (Phi) is 4.27. The van der Waals surface area contributed by atoms with Gasteiger partial charge in [-0.15, -0.1) is 0 Å². The Balaban J connectivity index is 1.71. The summed E-state index contributed by atoms with van der Waals surface area (Å²) in [7, 11) is 0. The fourth-order valence-corrected chi connectivity index (χ4v) is 3.32. The van der Waals surface area contributed by atoms with Gasteiger partial charge in [0.05, 0.1) is 6.10 Å². The van der Waals surface area contributed by atoms with Crippen molar-refractivity contribution in [1.29, 1.82) is 0 Å². The Hall–Kier alpha value is -1.39. The summed E-state index contributed by atoms with van der Waals surface area (Å²) in [5, 5.41) is 14.9. The Bertz CT molecular complexity index is 671. The van der Waals surface area contributed by atoms with Crippen LogP contribution in [-0.4, -0.2) is 23.7 Å². The highest BCUT2D eigenvalue weighted by Gasteiger charge is 2.25. The van der Waals surface area contributed by atoms with Gasteiger partial charge in [0.25, 0.3) is 5.91 Å². The van der Waals surface area contributed by atoms with E-state index in [9.17, 15) is 9.90 Å². The lowest BCUT2D eigenvalue weighted by Crippen LogP contribution is -2.32. The van der Waals surface area contributed by atoms with Gasteiger partial charge in [0.1, 0.15) is 0 Å². The first kappa shape index (κ1) is 14.5. The van der Waals surface area contributed by atoms with Crippen molar-refractivity contribution in [2.24, 2.45) is 5.92 Å². The molecule has 0 aromatic heterocycles. The first-order valence-corrected chi connectivity index (χ1v) is 8.08. The van der Waals surface area contributed by atoms with E-state index in [0.29, 0.717) is 12.1 Å². The van der Waals surface area contributed by atoms with Crippen LogP contribution >= 0.6 is 15.9 Å². The van der Waals surface area contributed by atoms with Crippen LogP contribution in [0.5, 0.6) is 0 Å². The van der Waals surface area contributed by atoms with Crippen LogP contribution in [0.15, 0.2) is 40.9 Å². The lowest BCUT2D eigenvalue weighted by atomic mass is 10.0. The summed E-state index contributed by atoms with van der Waals surface area (Å²) in [6, 6.07) is 11.7. The third-order valence-corrected chi connectivity index (χ3v) is 4.70. The first-order valence-electron chi connectivity index (χ1n) is 7.29. The number of amides is 1. The maximum Gasteiger partial charge on any atom is 0.251 e. The second-order valence-corrected chi connectivity index (χ2v) is 6.59. The van der Waals surface area contributed by atoms with Crippen molar-refractivity contribution in [3.63, 3.8) is 0 Å². The second kappa shape index (κ2) is 6.16. The van der Waals surface area contributed by atoms with Crippen molar-refractivity contribution >= 4 is 32.6 Å². The van der Waals surface area contributed by atoms with Crippen LogP contribution in [0, 0.1) is 5.92 Å². The summed E-state index contributed by atoms with van der Waals surface area (Å²) >= 11 is 3.45. The van der Waals surface area contributed by atoms with Crippen LogP contribution in [0.1, 0.15) is 29.6 Å². The first-order chi connectivity index (χ1) is 10.1. The summed E-state index contributed by atoms with van der Waals surface area (Å²) in [6.07, 6.45) is 2.63. The molecule has 21 heavy (non-hydrogen) atoms. The highest BCUT2D eigenvalue weighted by Crippen LogP contribution is 2.25. The Morgan fingerprint density at radius 2 is 1.95 bits per heavy atom. The number of benzene rings is 2. The molecular weight excluding hydrogens is 330 g/mol. The predicted octanol–water partition coefficient (Wildman–Crippen LogP) is 3.49. The minimum atomic E-state index is -0.265. The van der Waals surface area contributed by atoms with Crippen molar-refractivity contribution in [2.45, 2.75) is 25.4 Å². The molecule has 3 nitrogen and oxygen atoms in total. The van der Waals surface area contributed by atoms with E-state index in [1.165, 1.54) is 0 Å². The molecule has 3 rings (SSSR count). The van der Waals surface area contributed by atoms with E-state index >= 15 is 0 Å². The molecule has 0 aliphatic heterocycles. The molecule has 0 bridgehead atoms. The molecule has 2 unspecified atom stereocenters. The summed E-state index contributed by atoms with van der Waals surface area (Å²) in [5.41, 5.74) is 0.664. The average Bonchev–Trinajstić information content (AvgIpc) is 2.89. The van der Waals surface area contributed by atoms with Gasteiger partial charge in [-0.1, -0.05) is 34.5 Å². The van der Waals surface area contributed by atoms with Gasteiger partial charge in [0.15, 0.2) is 0 Å². The van der Waals surface area contributed by atoms with Crippen LogP contribution < -0.4 is 5.32 Å². The Labute approximate surface area is 132 Å². The largest absolute Gasteiger partial charge is 0.393 e. The SMILES string of the molecule is O=C(NCC1CCCC1O)c1ccc2cc(Br)ccc2c1. The van der Waals surface area contributed by atoms with Gasteiger partial charge in [-0.3, -0.25) is 4.79 Å². The van der Waals surface area contributed by atoms with E-state index in [1.54, 1.807) is 0 Å². The summed E-state index contributed by atoms with van der Waals surface area (Å²) in [5.74, 6) is 0.129. The molecule has 2 N–H and O–H groups in total. The third-order valence-electron chi connectivity index (χ3n) is 4.21. The van der Waals surface area contributed by atoms with Gasteiger partial charge in [-0.05, 0) is 47.9 Å². The molecule has 0 spiro atoms. The monoisotopic (exact) mass is 347 g/mol. The number of hydrogen-bond donors (Lipinski definition) is 2. The highest BCUT2D eigenvalue weighted by molar-refractivity contribution is 9.10. The fraction of sp³-hybridized carbons (Fsp3) is 0.353. The number of rotatable bonds is 3. The summed E-state index contributed by atoms with van der Waals surface area (Å²) in [6.45, 7) is 0.554. The minimum Gasteiger partial charge on any atom is -0.393 e. The standard InChI is InChI=1S/C17H18BrNO2/c18-15-7-6-11-8-13(5-4-12(11)9-15)17(21)19-10-14-2-1-3-16(14)20/h4-9,14,16,20H,1-3,10H2,(H,19,21). The fourth-order valence-electron chi connectivity index (χ4n) is 2.94. The Morgan fingerprint density at radius 1 is 1.19 bits per heavy atom. The molecule has 0 saturated heterocycles. The predicted molar refractivity (Wildman–Crippen MR) is 87.3 cm³/mol. The topological polar surface area (TPSA) is 49.3 Å². The van der Waals surface area contributed by atoms with Crippen molar-refractivity contribution < 1.29 is 9.90 Å². The number of halogens is 1. The smallest absolute Gasteiger partial charge is 0.251 e. The molecule has 1 fully saturated rings. The second-order valence-electron chi connectivity index (χ2n) is 5.67. The van der Waals surface area contributed by atoms with E-state index < -0.39 is 0 Å². The molecule has 110 valence electrons. The highest BCUT2D eigenvalue weighted by atomic mass is 79.9. The molecule has 1 aliphatic rings. The average molecular weight is 348 g/mol. The van der Waals surface area contributed by atoms with Crippen LogP contribution in [0.25, 0.3) is 10.8 Å². The van der Waals surface area contributed by atoms with Gasteiger partial charge in [0.2, 0.25) is 0 Å². The third kappa shape index (κ3) is 3.27. The molecule has 4 heteroatoms. The van der Waals surface area contributed by atoms with Crippen molar-refractivity contribution in [3.8, 4) is 0 Å². The number of fused-ring (bicyclic) bond motifs is 1. The quantitative estimate of drug-likeness (QED) is 0.892. The Morgan fingerprint density at radius 3 is 2.71 bits per heavy atom. The van der Waals surface area contributed by atoms with E-state index in [1.807, 2.05) is 36.4 Å². The number of aliphatic hydroxyl groups excluding tert-OH is 1. The molecule has 0 radical (unpaired) electrons. The number of carbonyl (C=O) groups is 1. The molecule has 2 aromatic carbocycles. The van der Waals surface area contributed by atoms with Gasteiger partial charge in [0, 0.05) is 22.5 Å². The van der Waals surface area contributed by atoms with Crippen molar-refractivity contribution in [3.05, 3.63) is 46.4 Å². The molecule has 1 amide bonds. The lowest BCUT2D eigenvalue weighted by molar-refractivity contribution is 0.0917. The normalized spacial score (nSPS) is 21.6. The zero-order valence-corrected chi connectivity index (χ0v) is 13.3. The van der Waals surface area contributed by atoms with Crippen LogP contribution in [0.3, 0.4) is 0 Å². The molecular formula is C17H18BrNO2. The number of aliphatic hydroxyl groups is 1. The molecule has 0 heterocycles. The van der Waals surface area contributed by atoms with Gasteiger partial charge in [-0.25, -0.2) is 0 Å². The van der Waals surface area contributed by atoms with Gasteiger partial charge < -0.3 is 10.4 Å². The maximum atomic E-state index is 12.2. The van der Waals surface area contributed by atoms with E-state index in [-0.39, 0.29) is 17.9 Å². The lowest BCUT2D eigenvalue weighted by Gasteiger charge is -2.15. The zero-order chi connectivity index (χ0) is 14.8. The van der Waals surface area contributed by atoms with Crippen molar-refractivity contribution in [1.82, 2.24) is 5.32 Å². The minimum absolute atomic E-state index is 0.0704. The summed E-state index contributed by atoms with van der Waals surface area (Å²) in [4.78, 5) is 12.2. The number of hydrogen-bond acceptors (Lipinski definition) is 2. The van der Waals surface area contributed by atoms with Gasteiger partial charge in [-0.2, -0.15) is 0 Å². The maximum absolute atomic E-state index is 12.2. The van der Waals surface area contributed by atoms with Gasteiger partial charge >= 0.3 is 0 Å². The van der Waals surface area contributed by atoms with Crippen LogP contribution in [0.2, 0.25) is 0 Å². The zero-order valence-electron chi connectivity index (χ0n) is 11.7. The van der Waals surface area contributed by atoms with E-state index in [2.05, 4.69) is 21.2 Å². The molecule has 1 saturated carbocycles. The van der Waals surface area contributed by atoms with E-state index in [4.69, 9.17) is 0 Å². The van der Waals surface area contributed by atoms with Crippen LogP contribution in [0.4, 0.5) is 0 Å². The van der Waals surface area contributed by atoms with E-state index in [0.717, 1.165) is 34.5 Å². The van der Waals surface area contributed by atoms with Crippen LogP contribution in [-0.2, 0) is 0 Å². The number of nitrogens with one attached hydrogen (secondary N) is 1. The molecule has 2 atom stereocenters. The number of carbonyl (C=O) groups excluding carboxylic acids is 1. The molecule has 1 aliphatic carbocycles. The van der Waals surface area contributed by atoms with Crippen molar-refractivity contribution in [2.75, 3.05) is 6.54 Å². The molecule has 2 aromatic rings.